The van der Waals surface area contributed by atoms with Crippen LogP contribution in [0.5, 0.6) is 11.5 Å². The molecular weight excluding hydrogens is 455 g/mol. The van der Waals surface area contributed by atoms with E-state index in [1.807, 2.05) is 36.4 Å². The van der Waals surface area contributed by atoms with E-state index < -0.39 is 6.10 Å². The fourth-order valence-electron chi connectivity index (χ4n) is 3.29. The van der Waals surface area contributed by atoms with Crippen LogP contribution in [-0.2, 0) is 20.0 Å². The lowest BCUT2D eigenvalue weighted by atomic mass is 10.3. The summed E-state index contributed by atoms with van der Waals surface area (Å²) < 4.78 is 15.3. The molecule has 1 aromatic heterocycles. The van der Waals surface area contributed by atoms with Gasteiger partial charge in [0, 0.05) is 6.42 Å². The van der Waals surface area contributed by atoms with Gasteiger partial charge in [-0.15, -0.1) is 0 Å². The number of methoxy groups -OCH3 is 1. The monoisotopic (exact) mass is 482 g/mol. The topological polar surface area (TPSA) is 47.5 Å². The highest BCUT2D eigenvalue weighted by atomic mass is 127. The molecule has 0 aliphatic heterocycles. The number of halogens is 1. The summed E-state index contributed by atoms with van der Waals surface area (Å²) in [6.45, 7) is 2.92. The zero-order valence-electron chi connectivity index (χ0n) is 16.1. The quantitative estimate of drug-likeness (QED) is 0.360. The molecule has 27 heavy (non-hydrogen) atoms. The minimum absolute atomic E-state index is 0. The number of aromatic nitrogens is 2. The van der Waals surface area contributed by atoms with Gasteiger partial charge in [-0.25, -0.2) is 9.13 Å². The van der Waals surface area contributed by atoms with Gasteiger partial charge in [0.2, 0.25) is 0 Å². The Morgan fingerprint density at radius 2 is 1.74 bits per heavy atom. The van der Waals surface area contributed by atoms with E-state index in [1.54, 1.807) is 7.11 Å². The van der Waals surface area contributed by atoms with Crippen LogP contribution in [0.2, 0.25) is 0 Å². The molecule has 0 bridgehead atoms. The molecule has 5 nitrogen and oxygen atoms in total. The van der Waals surface area contributed by atoms with E-state index in [0.29, 0.717) is 6.54 Å². The van der Waals surface area contributed by atoms with E-state index in [4.69, 9.17) is 9.47 Å². The summed E-state index contributed by atoms with van der Waals surface area (Å²) in [5, 5.41) is 10.5. The fraction of sp³-hybridized carbons (Fsp3) is 0.381. The van der Waals surface area contributed by atoms with E-state index in [1.165, 1.54) is 11.3 Å². The highest BCUT2D eigenvalue weighted by Crippen LogP contribution is 2.18. The maximum Gasteiger partial charge on any atom is 0.257 e. The number of para-hydroxylation sites is 2. The second-order valence-electron chi connectivity index (χ2n) is 6.46. The van der Waals surface area contributed by atoms with Crippen LogP contribution in [0, 0.1) is 0 Å². The fourth-order valence-corrected chi connectivity index (χ4v) is 3.29. The van der Waals surface area contributed by atoms with E-state index in [0.717, 1.165) is 29.9 Å². The highest BCUT2D eigenvalue weighted by molar-refractivity contribution is 5.72. The van der Waals surface area contributed by atoms with Gasteiger partial charge in [-0.05, 0) is 42.8 Å². The van der Waals surface area contributed by atoms with Crippen LogP contribution in [0.15, 0.2) is 48.5 Å². The Hall–Kier alpha value is -1.80. The summed E-state index contributed by atoms with van der Waals surface area (Å²) in [6, 6.07) is 15.7. The summed E-state index contributed by atoms with van der Waals surface area (Å²) in [4.78, 5) is 0. The first-order chi connectivity index (χ1) is 12.6. The van der Waals surface area contributed by atoms with Gasteiger partial charge >= 0.3 is 0 Å². The predicted molar refractivity (Wildman–Crippen MR) is 102 cm³/mol. The van der Waals surface area contributed by atoms with Crippen LogP contribution in [0.3, 0.4) is 0 Å². The van der Waals surface area contributed by atoms with Gasteiger partial charge in [0.25, 0.3) is 5.82 Å². The molecule has 0 amide bonds. The number of ether oxygens (including phenoxy) is 2. The number of aliphatic hydroxyl groups is 1. The first-order valence-electron chi connectivity index (χ1n) is 9.05. The molecule has 2 aromatic carbocycles. The molecule has 0 fully saturated rings. The van der Waals surface area contributed by atoms with Crippen LogP contribution in [0.4, 0.5) is 0 Å². The van der Waals surface area contributed by atoms with Crippen LogP contribution >= 0.6 is 0 Å². The SMILES string of the molecule is CCCc1n(CC(O)COc2ccc(OC)cc2)c2ccccc2[n+]1C.[I-]. The average molecular weight is 482 g/mol. The highest BCUT2D eigenvalue weighted by Gasteiger charge is 2.23. The molecule has 0 saturated carbocycles. The normalized spacial score (nSPS) is 11.9. The van der Waals surface area contributed by atoms with Crippen molar-refractivity contribution in [2.24, 2.45) is 7.05 Å². The summed E-state index contributed by atoms with van der Waals surface area (Å²) >= 11 is 0. The molecule has 0 radical (unpaired) electrons. The van der Waals surface area contributed by atoms with Gasteiger partial charge in [0.15, 0.2) is 11.0 Å². The van der Waals surface area contributed by atoms with Gasteiger partial charge < -0.3 is 38.6 Å². The standard InChI is InChI=1S/C21H27N2O3.HI/c1-4-7-21-22(2)19-8-5-6-9-20(19)23(21)14-16(24)15-26-18-12-10-17(25-3)11-13-18;/h5-6,8-13,16,24H,4,7,14-15H2,1-3H3;1H/q+1;/p-1. The van der Waals surface area contributed by atoms with Gasteiger partial charge in [-0.2, -0.15) is 0 Å². The van der Waals surface area contributed by atoms with Crippen molar-refractivity contribution in [1.82, 2.24) is 4.57 Å². The summed E-state index contributed by atoms with van der Waals surface area (Å²) in [6.07, 6.45) is 1.43. The number of rotatable bonds is 8. The van der Waals surface area contributed by atoms with E-state index in [9.17, 15) is 5.11 Å². The van der Waals surface area contributed by atoms with Crippen molar-refractivity contribution >= 4 is 11.0 Å². The third-order valence-corrected chi connectivity index (χ3v) is 4.60. The molecule has 0 spiro atoms. The Morgan fingerprint density at radius 3 is 2.41 bits per heavy atom. The summed E-state index contributed by atoms with van der Waals surface area (Å²) in [7, 11) is 3.72. The Morgan fingerprint density at radius 1 is 1.07 bits per heavy atom. The van der Waals surface area contributed by atoms with Gasteiger partial charge in [0.05, 0.1) is 14.2 Å². The minimum Gasteiger partial charge on any atom is -1.00 e. The molecule has 146 valence electrons. The molecule has 1 heterocycles. The molecule has 0 aliphatic carbocycles. The van der Waals surface area contributed by atoms with Crippen LogP contribution in [-0.4, -0.2) is 29.5 Å². The Kier molecular flexibility index (Phi) is 7.91. The Labute approximate surface area is 177 Å². The van der Waals surface area contributed by atoms with Crippen molar-refractivity contribution in [3.8, 4) is 11.5 Å². The van der Waals surface area contributed by atoms with Crippen molar-refractivity contribution in [1.29, 1.82) is 0 Å². The minimum atomic E-state index is -0.594. The van der Waals surface area contributed by atoms with Crippen LogP contribution in [0.1, 0.15) is 19.2 Å². The molecule has 0 aliphatic rings. The maximum atomic E-state index is 10.5. The van der Waals surface area contributed by atoms with Crippen molar-refractivity contribution < 1.29 is 43.1 Å². The number of hydrogen-bond donors (Lipinski definition) is 1. The zero-order valence-corrected chi connectivity index (χ0v) is 18.2. The van der Waals surface area contributed by atoms with Gasteiger partial charge in [0.1, 0.15) is 30.8 Å². The number of imidazole rings is 1. The van der Waals surface area contributed by atoms with Gasteiger partial charge in [-0.3, -0.25) is 0 Å². The number of hydrogen-bond acceptors (Lipinski definition) is 3. The average Bonchev–Trinajstić information content (AvgIpc) is 2.93. The number of aryl methyl sites for hydroxylation is 1. The van der Waals surface area contributed by atoms with Crippen LogP contribution < -0.4 is 38.0 Å². The lowest BCUT2D eigenvalue weighted by Gasteiger charge is -2.12. The lowest BCUT2D eigenvalue weighted by Crippen LogP contribution is -3.00. The number of nitrogens with zero attached hydrogens (tertiary/aromatic N) is 2. The zero-order chi connectivity index (χ0) is 18.5. The summed E-state index contributed by atoms with van der Waals surface area (Å²) in [5.41, 5.74) is 2.32. The second-order valence-corrected chi connectivity index (χ2v) is 6.46. The first kappa shape index (κ1) is 21.5. The van der Waals surface area contributed by atoms with Crippen molar-refractivity contribution in [3.63, 3.8) is 0 Å². The molecule has 3 rings (SSSR count). The largest absolute Gasteiger partial charge is 1.00 e. The maximum absolute atomic E-state index is 10.5. The third-order valence-electron chi connectivity index (χ3n) is 4.60. The molecular formula is C21H27IN2O3. The Bertz CT molecular complexity index is 862. The smallest absolute Gasteiger partial charge is 0.257 e. The Balaban J connectivity index is 0.00000261. The summed E-state index contributed by atoms with van der Waals surface area (Å²) in [5.74, 6) is 2.73. The van der Waals surface area contributed by atoms with E-state index in [-0.39, 0.29) is 30.6 Å². The molecule has 3 aromatic rings. The van der Waals surface area contributed by atoms with Crippen molar-refractivity contribution in [2.45, 2.75) is 32.4 Å². The van der Waals surface area contributed by atoms with Crippen molar-refractivity contribution in [2.75, 3.05) is 13.7 Å². The number of aliphatic hydroxyl groups excluding tert-OH is 1. The third kappa shape index (κ3) is 4.93. The van der Waals surface area contributed by atoms with Gasteiger partial charge in [-0.1, -0.05) is 19.1 Å². The van der Waals surface area contributed by atoms with Crippen molar-refractivity contribution in [3.05, 3.63) is 54.4 Å². The van der Waals surface area contributed by atoms with E-state index >= 15 is 0 Å². The second kappa shape index (κ2) is 9.94. The molecule has 0 saturated heterocycles. The molecule has 6 heteroatoms. The number of fused-ring (bicyclic) bond motifs is 1. The predicted octanol–water partition coefficient (Wildman–Crippen LogP) is -0.129. The van der Waals surface area contributed by atoms with E-state index in [2.05, 4.69) is 35.2 Å². The number of benzene rings is 2. The molecule has 1 unspecified atom stereocenters. The lowest BCUT2D eigenvalue weighted by molar-refractivity contribution is -0.654. The molecule has 1 atom stereocenters. The van der Waals surface area contributed by atoms with Crippen LogP contribution in [0.25, 0.3) is 11.0 Å². The first-order valence-corrected chi connectivity index (χ1v) is 9.05. The molecule has 1 N–H and O–H groups in total.